The molecule has 1 aliphatic rings. The first kappa shape index (κ1) is 13.6. The third-order valence-corrected chi connectivity index (χ3v) is 3.95. The molecule has 0 heterocycles. The highest BCUT2D eigenvalue weighted by molar-refractivity contribution is 9.10. The number of carbonyl (C=O) groups is 1. The summed E-state index contributed by atoms with van der Waals surface area (Å²) in [7, 11) is 0. The number of amides is 1. The molecule has 1 amide bonds. The van der Waals surface area contributed by atoms with Gasteiger partial charge in [-0.2, -0.15) is 10.5 Å². The second-order valence-corrected chi connectivity index (χ2v) is 5.57. The van der Waals surface area contributed by atoms with E-state index in [4.69, 9.17) is 5.26 Å². The Bertz CT molecular complexity index is 592. The van der Waals surface area contributed by atoms with Gasteiger partial charge in [0.05, 0.1) is 17.3 Å². The Morgan fingerprint density at radius 1 is 1.32 bits per heavy atom. The molecule has 0 aromatic heterocycles. The number of nitriles is 2. The van der Waals surface area contributed by atoms with Crippen molar-refractivity contribution in [3.63, 3.8) is 0 Å². The number of nitrogens with zero attached hydrogens (tertiary/aromatic N) is 2. The number of carbonyl (C=O) groups excluding carboxylic acids is 1. The van der Waals surface area contributed by atoms with Gasteiger partial charge in [-0.3, -0.25) is 4.79 Å². The van der Waals surface area contributed by atoms with Gasteiger partial charge in [0.2, 0.25) is 5.91 Å². The normalized spacial score (nSPS) is 16.4. The highest BCUT2D eigenvalue weighted by atomic mass is 79.9. The van der Waals surface area contributed by atoms with Crippen molar-refractivity contribution in [1.29, 1.82) is 10.5 Å². The van der Waals surface area contributed by atoms with E-state index in [1.54, 1.807) is 18.2 Å². The smallest absolute Gasteiger partial charge is 0.244 e. The van der Waals surface area contributed by atoms with Crippen molar-refractivity contribution >= 4 is 27.5 Å². The van der Waals surface area contributed by atoms with Crippen LogP contribution in [0.1, 0.15) is 31.2 Å². The summed E-state index contributed by atoms with van der Waals surface area (Å²) in [6.07, 6.45) is 2.96. The minimum Gasteiger partial charge on any atom is -0.323 e. The fraction of sp³-hybridized carbons (Fsp3) is 0.357. The molecule has 1 saturated carbocycles. The van der Waals surface area contributed by atoms with Gasteiger partial charge >= 0.3 is 0 Å². The van der Waals surface area contributed by atoms with Gasteiger partial charge < -0.3 is 5.32 Å². The largest absolute Gasteiger partial charge is 0.323 e. The number of benzene rings is 1. The minimum absolute atomic E-state index is 0.304. The summed E-state index contributed by atoms with van der Waals surface area (Å²) in [5, 5.41) is 21.0. The lowest BCUT2D eigenvalue weighted by Crippen LogP contribution is -2.32. The van der Waals surface area contributed by atoms with Crippen LogP contribution in [0.5, 0.6) is 0 Å². The maximum Gasteiger partial charge on any atom is 0.244 e. The molecule has 1 aromatic rings. The molecule has 0 saturated heterocycles. The molecule has 5 heteroatoms. The Morgan fingerprint density at radius 2 is 2.00 bits per heavy atom. The maximum atomic E-state index is 12.3. The van der Waals surface area contributed by atoms with Crippen molar-refractivity contribution in [3.8, 4) is 12.1 Å². The average molecular weight is 318 g/mol. The molecule has 2 rings (SSSR count). The number of anilines is 1. The third kappa shape index (κ3) is 2.62. The number of hydrogen-bond donors (Lipinski definition) is 1. The van der Waals surface area contributed by atoms with Gasteiger partial charge in [0.25, 0.3) is 0 Å². The van der Waals surface area contributed by atoms with Crippen LogP contribution in [0.15, 0.2) is 22.7 Å². The van der Waals surface area contributed by atoms with Gasteiger partial charge in [-0.05, 0) is 31.0 Å². The molecule has 0 spiro atoms. The molecule has 1 aromatic carbocycles. The predicted octanol–water partition coefficient (Wildman–Crippen LogP) is 3.34. The molecule has 1 aliphatic carbocycles. The summed E-state index contributed by atoms with van der Waals surface area (Å²) >= 11 is 3.30. The zero-order valence-electron chi connectivity index (χ0n) is 10.2. The first-order valence-electron chi connectivity index (χ1n) is 6.04. The van der Waals surface area contributed by atoms with Crippen LogP contribution in [0.2, 0.25) is 0 Å². The van der Waals surface area contributed by atoms with Crippen molar-refractivity contribution in [2.45, 2.75) is 25.7 Å². The van der Waals surface area contributed by atoms with E-state index in [9.17, 15) is 10.1 Å². The number of rotatable bonds is 2. The van der Waals surface area contributed by atoms with Crippen LogP contribution in [0.25, 0.3) is 0 Å². The second-order valence-electron chi connectivity index (χ2n) is 4.66. The lowest BCUT2D eigenvalue weighted by Gasteiger charge is -2.19. The SMILES string of the molecule is N#Cc1ccc(Br)cc1NC(=O)C1(C#N)CCCC1. The monoisotopic (exact) mass is 317 g/mol. The van der Waals surface area contributed by atoms with Crippen LogP contribution >= 0.6 is 15.9 Å². The topological polar surface area (TPSA) is 76.7 Å². The predicted molar refractivity (Wildman–Crippen MR) is 74.0 cm³/mol. The first-order chi connectivity index (χ1) is 9.11. The lowest BCUT2D eigenvalue weighted by molar-refractivity contribution is -0.122. The highest BCUT2D eigenvalue weighted by Gasteiger charge is 2.41. The number of hydrogen-bond acceptors (Lipinski definition) is 3. The minimum atomic E-state index is -0.935. The lowest BCUT2D eigenvalue weighted by atomic mass is 9.87. The second kappa shape index (κ2) is 5.42. The molecule has 19 heavy (non-hydrogen) atoms. The van der Waals surface area contributed by atoms with Crippen molar-refractivity contribution in [3.05, 3.63) is 28.2 Å². The summed E-state index contributed by atoms with van der Waals surface area (Å²) in [5.41, 5.74) is -0.0965. The summed E-state index contributed by atoms with van der Waals surface area (Å²) in [5.74, 6) is -0.304. The molecular weight excluding hydrogens is 306 g/mol. The molecule has 96 valence electrons. The van der Waals surface area contributed by atoms with Crippen molar-refractivity contribution in [1.82, 2.24) is 0 Å². The van der Waals surface area contributed by atoms with Gasteiger partial charge in [0.15, 0.2) is 0 Å². The van der Waals surface area contributed by atoms with Gasteiger partial charge in [0.1, 0.15) is 11.5 Å². The molecule has 1 fully saturated rings. The Hall–Kier alpha value is -1.85. The van der Waals surface area contributed by atoms with Gasteiger partial charge in [-0.25, -0.2) is 0 Å². The summed E-state index contributed by atoms with van der Waals surface area (Å²) in [6, 6.07) is 9.22. The molecule has 0 aliphatic heterocycles. The van der Waals surface area contributed by atoms with E-state index in [0.717, 1.165) is 17.3 Å². The van der Waals surface area contributed by atoms with Gasteiger partial charge in [-0.15, -0.1) is 0 Å². The standard InChI is InChI=1S/C14H12BrN3O/c15-11-4-3-10(8-16)12(7-11)18-13(19)14(9-17)5-1-2-6-14/h3-4,7H,1-2,5-6H2,(H,18,19). The summed E-state index contributed by atoms with van der Waals surface area (Å²) in [6.45, 7) is 0. The van der Waals surface area contributed by atoms with Gasteiger partial charge in [-0.1, -0.05) is 28.8 Å². The van der Waals surface area contributed by atoms with E-state index < -0.39 is 5.41 Å². The molecule has 0 bridgehead atoms. The molecule has 0 atom stereocenters. The Labute approximate surface area is 120 Å². The quantitative estimate of drug-likeness (QED) is 0.908. The Balaban J connectivity index is 2.27. The maximum absolute atomic E-state index is 12.3. The molecule has 0 unspecified atom stereocenters. The van der Waals surface area contributed by atoms with E-state index >= 15 is 0 Å². The fourth-order valence-electron chi connectivity index (χ4n) is 2.33. The van der Waals surface area contributed by atoms with Crippen LogP contribution in [0.3, 0.4) is 0 Å². The van der Waals surface area contributed by atoms with Crippen LogP contribution in [0.4, 0.5) is 5.69 Å². The Kier molecular flexibility index (Phi) is 3.87. The molecule has 0 radical (unpaired) electrons. The first-order valence-corrected chi connectivity index (χ1v) is 6.83. The highest BCUT2D eigenvalue weighted by Crippen LogP contribution is 2.38. The zero-order chi connectivity index (χ0) is 13.9. The van der Waals surface area contributed by atoms with E-state index in [0.29, 0.717) is 24.1 Å². The Morgan fingerprint density at radius 3 is 2.58 bits per heavy atom. The zero-order valence-corrected chi connectivity index (χ0v) is 11.8. The van der Waals surface area contributed by atoms with E-state index in [2.05, 4.69) is 27.3 Å². The fourth-order valence-corrected chi connectivity index (χ4v) is 2.69. The van der Waals surface area contributed by atoms with E-state index in [-0.39, 0.29) is 5.91 Å². The van der Waals surface area contributed by atoms with Crippen LogP contribution in [-0.4, -0.2) is 5.91 Å². The van der Waals surface area contributed by atoms with Crippen molar-refractivity contribution < 1.29 is 4.79 Å². The van der Waals surface area contributed by atoms with Crippen LogP contribution in [-0.2, 0) is 4.79 Å². The van der Waals surface area contributed by atoms with E-state index in [1.165, 1.54) is 0 Å². The van der Waals surface area contributed by atoms with Crippen LogP contribution in [0, 0.1) is 28.1 Å². The van der Waals surface area contributed by atoms with Crippen LogP contribution < -0.4 is 5.32 Å². The summed E-state index contributed by atoms with van der Waals surface area (Å²) < 4.78 is 0.777. The van der Waals surface area contributed by atoms with Crippen molar-refractivity contribution in [2.24, 2.45) is 5.41 Å². The van der Waals surface area contributed by atoms with Gasteiger partial charge in [0, 0.05) is 4.47 Å². The number of halogens is 1. The summed E-state index contributed by atoms with van der Waals surface area (Å²) in [4.78, 5) is 12.3. The third-order valence-electron chi connectivity index (χ3n) is 3.46. The average Bonchev–Trinajstić information content (AvgIpc) is 2.89. The van der Waals surface area contributed by atoms with Crippen molar-refractivity contribution in [2.75, 3.05) is 5.32 Å². The van der Waals surface area contributed by atoms with E-state index in [1.807, 2.05) is 6.07 Å². The molecule has 1 N–H and O–H groups in total. The number of nitrogens with one attached hydrogen (secondary N) is 1. The molecule has 4 nitrogen and oxygen atoms in total. The molecular formula is C14H12BrN3O.